The maximum absolute atomic E-state index is 12.2. The second-order valence-electron chi connectivity index (χ2n) is 4.53. The Bertz CT molecular complexity index is 951. The molecule has 0 aliphatic heterocycles. The minimum absolute atomic E-state index is 0.0922. The van der Waals surface area contributed by atoms with Gasteiger partial charge in [0.05, 0.1) is 13.6 Å². The third-order valence-corrected chi connectivity index (χ3v) is 6.67. The van der Waals surface area contributed by atoms with Crippen LogP contribution in [0, 0.1) is 0 Å². The Morgan fingerprint density at radius 2 is 1.88 bits per heavy atom. The van der Waals surface area contributed by atoms with Gasteiger partial charge in [0.25, 0.3) is 15.9 Å². The van der Waals surface area contributed by atoms with Gasteiger partial charge in [0.2, 0.25) is 0 Å². The summed E-state index contributed by atoms with van der Waals surface area (Å²) >= 11 is 5.81. The number of benzene rings is 1. The number of hydrogen-bond acceptors (Lipinski definition) is 6. The van der Waals surface area contributed by atoms with Crippen LogP contribution in [0.5, 0.6) is 0 Å². The maximum Gasteiger partial charge on any atom is 0.265 e. The second-order valence-corrected chi connectivity index (χ2v) is 9.56. The fraction of sp³-hybridized carbons (Fsp3) is 0. The molecule has 0 aliphatic carbocycles. The number of anilines is 2. The third-order valence-electron chi connectivity index (χ3n) is 2.87. The topological polar surface area (TPSA) is 88.2 Å². The summed E-state index contributed by atoms with van der Waals surface area (Å²) in [6.45, 7) is 0. The molecule has 0 bridgehead atoms. The number of rotatable bonds is 5. The van der Waals surface area contributed by atoms with Crippen molar-refractivity contribution in [2.24, 2.45) is 0 Å². The molecule has 0 radical (unpaired) electrons. The summed E-state index contributed by atoms with van der Waals surface area (Å²) in [5, 5.41) is 4.70. The Labute approximate surface area is 154 Å². The molecule has 2 N–H and O–H groups in total. The lowest BCUT2D eigenvalue weighted by Gasteiger charge is -2.07. The first-order valence-electron chi connectivity index (χ1n) is 6.53. The number of thiophene rings is 1. The molecule has 0 spiro atoms. The van der Waals surface area contributed by atoms with Crippen molar-refractivity contribution in [3.8, 4) is 0 Å². The van der Waals surface area contributed by atoms with E-state index in [-0.39, 0.29) is 10.8 Å². The molecular weight excluding hydrogens is 434 g/mol. The minimum atomic E-state index is -3.70. The fourth-order valence-corrected chi connectivity index (χ4v) is 4.86. The molecule has 0 fully saturated rings. The average molecular weight is 444 g/mol. The van der Waals surface area contributed by atoms with Gasteiger partial charge in [-0.15, -0.1) is 22.7 Å². The number of carbonyl (C=O) groups excluding carboxylic acids is 1. The van der Waals surface area contributed by atoms with Gasteiger partial charge in [0.1, 0.15) is 0 Å². The molecule has 2 aromatic heterocycles. The molecule has 0 unspecified atom stereocenters. The predicted molar refractivity (Wildman–Crippen MR) is 99.3 cm³/mol. The van der Waals surface area contributed by atoms with Crippen LogP contribution in [0.3, 0.4) is 0 Å². The fourth-order valence-electron chi connectivity index (χ4n) is 1.79. The lowest BCUT2D eigenvalue weighted by atomic mass is 10.3. The zero-order valence-electron chi connectivity index (χ0n) is 11.9. The normalized spacial score (nSPS) is 11.2. The number of thiazole rings is 1. The molecule has 24 heavy (non-hydrogen) atoms. The van der Waals surface area contributed by atoms with Crippen molar-refractivity contribution >= 4 is 65.4 Å². The van der Waals surface area contributed by atoms with Crippen LogP contribution < -0.4 is 10.0 Å². The highest BCUT2D eigenvalue weighted by Crippen LogP contribution is 2.24. The van der Waals surface area contributed by atoms with E-state index in [1.165, 1.54) is 53.1 Å². The lowest BCUT2D eigenvalue weighted by Crippen LogP contribution is -2.13. The second kappa shape index (κ2) is 7.01. The Morgan fingerprint density at radius 3 is 2.46 bits per heavy atom. The average Bonchev–Trinajstić information content (AvgIpc) is 3.19. The highest BCUT2D eigenvalue weighted by Gasteiger charge is 2.16. The highest BCUT2D eigenvalue weighted by molar-refractivity contribution is 9.11. The van der Waals surface area contributed by atoms with Crippen LogP contribution in [0.2, 0.25) is 0 Å². The van der Waals surface area contributed by atoms with Gasteiger partial charge >= 0.3 is 0 Å². The van der Waals surface area contributed by atoms with Crippen molar-refractivity contribution < 1.29 is 13.2 Å². The van der Waals surface area contributed by atoms with Gasteiger partial charge in [0, 0.05) is 17.3 Å². The molecular formula is C14H10BrN3O3S3. The van der Waals surface area contributed by atoms with E-state index < -0.39 is 10.0 Å². The van der Waals surface area contributed by atoms with Gasteiger partial charge in [-0.2, -0.15) is 0 Å². The molecule has 0 saturated carbocycles. The summed E-state index contributed by atoms with van der Waals surface area (Å²) < 4.78 is 27.7. The van der Waals surface area contributed by atoms with Crippen LogP contribution in [0.4, 0.5) is 10.8 Å². The Morgan fingerprint density at radius 1 is 1.12 bits per heavy atom. The van der Waals surface area contributed by atoms with Gasteiger partial charge in [-0.1, -0.05) is 0 Å². The number of carbonyl (C=O) groups is 1. The van der Waals surface area contributed by atoms with E-state index in [2.05, 4.69) is 31.0 Å². The summed E-state index contributed by atoms with van der Waals surface area (Å²) in [7, 11) is -3.70. The first-order chi connectivity index (χ1) is 11.4. The van der Waals surface area contributed by atoms with Crippen LogP contribution in [0.25, 0.3) is 0 Å². The molecule has 10 heteroatoms. The molecule has 124 valence electrons. The van der Waals surface area contributed by atoms with Gasteiger partial charge in [-0.3, -0.25) is 9.52 Å². The molecule has 0 saturated heterocycles. The standard InChI is InChI=1S/C14H10BrN3O3S3/c15-12-6-5-11(23-12)13(19)17-9-1-3-10(4-2-9)24(20,21)18-14-16-7-8-22-14/h1-8H,(H,16,18)(H,17,19). The molecule has 3 rings (SSSR count). The molecule has 6 nitrogen and oxygen atoms in total. The number of nitrogens with one attached hydrogen (secondary N) is 2. The van der Waals surface area contributed by atoms with E-state index in [0.29, 0.717) is 15.7 Å². The number of halogens is 1. The SMILES string of the molecule is O=C(Nc1ccc(S(=O)(=O)Nc2nccs2)cc1)c1ccc(Br)s1. The van der Waals surface area contributed by atoms with Crippen LogP contribution in [-0.2, 0) is 10.0 Å². The van der Waals surface area contributed by atoms with E-state index in [1.54, 1.807) is 17.5 Å². The van der Waals surface area contributed by atoms with Crippen LogP contribution in [-0.4, -0.2) is 19.3 Å². The number of sulfonamides is 1. The van der Waals surface area contributed by atoms with Crippen LogP contribution >= 0.6 is 38.6 Å². The monoisotopic (exact) mass is 443 g/mol. The quantitative estimate of drug-likeness (QED) is 0.622. The van der Waals surface area contributed by atoms with Crippen molar-refractivity contribution in [3.05, 3.63) is 56.6 Å². The Balaban J connectivity index is 1.72. The van der Waals surface area contributed by atoms with E-state index in [0.717, 1.165) is 3.79 Å². The summed E-state index contributed by atoms with van der Waals surface area (Å²) in [6.07, 6.45) is 1.52. The van der Waals surface area contributed by atoms with E-state index in [4.69, 9.17) is 0 Å². The first kappa shape index (κ1) is 17.1. The summed E-state index contributed by atoms with van der Waals surface area (Å²) in [5.74, 6) is -0.248. The molecule has 2 heterocycles. The van der Waals surface area contributed by atoms with Gasteiger partial charge < -0.3 is 5.32 Å². The Kier molecular flexibility index (Phi) is 4.99. The predicted octanol–water partition coefficient (Wildman–Crippen LogP) is 4.02. The van der Waals surface area contributed by atoms with Gasteiger partial charge in [-0.05, 0) is 52.3 Å². The van der Waals surface area contributed by atoms with Gasteiger partial charge in [0.15, 0.2) is 5.13 Å². The number of aromatic nitrogens is 1. The highest BCUT2D eigenvalue weighted by atomic mass is 79.9. The molecule has 0 atom stereocenters. The van der Waals surface area contributed by atoms with Gasteiger partial charge in [-0.25, -0.2) is 13.4 Å². The summed E-state index contributed by atoms with van der Waals surface area (Å²) in [5.41, 5.74) is 0.512. The number of hydrogen-bond donors (Lipinski definition) is 2. The van der Waals surface area contributed by atoms with E-state index >= 15 is 0 Å². The molecule has 1 amide bonds. The zero-order valence-corrected chi connectivity index (χ0v) is 15.9. The maximum atomic E-state index is 12.2. The Hall–Kier alpha value is -1.75. The smallest absolute Gasteiger partial charge is 0.265 e. The molecule has 3 aromatic rings. The largest absolute Gasteiger partial charge is 0.321 e. The van der Waals surface area contributed by atoms with Crippen molar-refractivity contribution in [2.45, 2.75) is 4.90 Å². The van der Waals surface area contributed by atoms with Crippen molar-refractivity contribution in [2.75, 3.05) is 10.0 Å². The number of amides is 1. The van der Waals surface area contributed by atoms with Crippen molar-refractivity contribution in [1.29, 1.82) is 0 Å². The summed E-state index contributed by atoms with van der Waals surface area (Å²) in [4.78, 5) is 16.6. The third kappa shape index (κ3) is 4.01. The van der Waals surface area contributed by atoms with E-state index in [1.807, 2.05) is 0 Å². The van der Waals surface area contributed by atoms with E-state index in [9.17, 15) is 13.2 Å². The first-order valence-corrected chi connectivity index (χ1v) is 10.5. The zero-order chi connectivity index (χ0) is 17.2. The van der Waals surface area contributed by atoms with Crippen molar-refractivity contribution in [3.63, 3.8) is 0 Å². The van der Waals surface area contributed by atoms with Crippen LogP contribution in [0.15, 0.2) is 56.7 Å². The van der Waals surface area contributed by atoms with Crippen LogP contribution in [0.1, 0.15) is 9.67 Å². The minimum Gasteiger partial charge on any atom is -0.321 e. The molecule has 1 aromatic carbocycles. The van der Waals surface area contributed by atoms with Crippen molar-refractivity contribution in [1.82, 2.24) is 4.98 Å². The molecule has 0 aliphatic rings. The number of nitrogens with zero attached hydrogens (tertiary/aromatic N) is 1. The summed E-state index contributed by atoms with van der Waals surface area (Å²) in [6, 6.07) is 9.43. The lowest BCUT2D eigenvalue weighted by molar-refractivity contribution is 0.103.